The third-order valence-electron chi connectivity index (χ3n) is 6.25. The normalized spacial score (nSPS) is 24.1. The van der Waals surface area contributed by atoms with Crippen molar-refractivity contribution in [2.45, 2.75) is 31.7 Å². The number of carbonyl (C=O) groups is 1. The number of amides is 1. The third kappa shape index (κ3) is 4.15. The quantitative estimate of drug-likeness (QED) is 0.429. The molecule has 3 aromatic rings. The number of carbonyl (C=O) groups excluding carboxylic acids is 1. The number of rotatable bonds is 6. The highest BCUT2D eigenvalue weighted by atomic mass is 16.5. The summed E-state index contributed by atoms with van der Waals surface area (Å²) in [6.45, 7) is 2.03. The van der Waals surface area contributed by atoms with Crippen LogP contribution in [0.4, 0.5) is 11.5 Å². The minimum Gasteiger partial charge on any atom is -0.494 e. The van der Waals surface area contributed by atoms with Gasteiger partial charge in [0.05, 0.1) is 36.6 Å². The molecule has 1 aromatic carbocycles. The lowest BCUT2D eigenvalue weighted by molar-refractivity contribution is -0.131. The number of nitrogens with zero attached hydrogens (tertiary/aromatic N) is 5. The van der Waals surface area contributed by atoms with Crippen molar-refractivity contribution in [3.63, 3.8) is 0 Å². The molecule has 1 amide bonds. The van der Waals surface area contributed by atoms with Crippen LogP contribution in [0.5, 0.6) is 5.75 Å². The first-order valence-electron chi connectivity index (χ1n) is 11.2. The van der Waals surface area contributed by atoms with Gasteiger partial charge in [-0.05, 0) is 36.8 Å². The molecule has 2 aliphatic heterocycles. The zero-order valence-corrected chi connectivity index (χ0v) is 19.6. The van der Waals surface area contributed by atoms with Crippen LogP contribution < -0.4 is 26.1 Å². The second-order valence-corrected chi connectivity index (χ2v) is 8.73. The number of aromatic nitrogens is 4. The molecule has 0 spiro atoms. The molecular weight excluding hydrogens is 434 g/mol. The van der Waals surface area contributed by atoms with Crippen LogP contribution >= 0.6 is 0 Å². The Kier molecular flexibility index (Phi) is 5.80. The fourth-order valence-corrected chi connectivity index (χ4v) is 4.70. The number of benzene rings is 1. The molecule has 2 aromatic heterocycles. The van der Waals surface area contributed by atoms with Crippen LogP contribution in [0, 0.1) is 12.8 Å². The van der Waals surface area contributed by atoms with Gasteiger partial charge in [0.2, 0.25) is 5.91 Å². The van der Waals surface area contributed by atoms with Crippen LogP contribution in [0.1, 0.15) is 12.0 Å². The van der Waals surface area contributed by atoms with E-state index in [2.05, 4.69) is 36.4 Å². The van der Waals surface area contributed by atoms with Crippen molar-refractivity contribution in [1.29, 1.82) is 0 Å². The zero-order chi connectivity index (χ0) is 23.8. The first kappa shape index (κ1) is 22.1. The number of hydrogen-bond donors (Lipinski definition) is 4. The predicted molar refractivity (Wildman–Crippen MR) is 128 cm³/mol. The number of ether oxygens (including phenoxy) is 1. The number of hydrogen-bond acceptors (Lipinski definition) is 9. The van der Waals surface area contributed by atoms with E-state index >= 15 is 0 Å². The lowest BCUT2D eigenvalue weighted by Crippen LogP contribution is -2.60. The van der Waals surface area contributed by atoms with Gasteiger partial charge < -0.3 is 15.4 Å². The summed E-state index contributed by atoms with van der Waals surface area (Å²) >= 11 is 0. The van der Waals surface area contributed by atoms with Crippen LogP contribution in [0.15, 0.2) is 42.9 Å². The number of hydrazine groups is 1. The van der Waals surface area contributed by atoms with Crippen molar-refractivity contribution in [1.82, 2.24) is 35.5 Å². The van der Waals surface area contributed by atoms with Gasteiger partial charge in [0, 0.05) is 32.8 Å². The molecule has 2 saturated heterocycles. The first-order chi connectivity index (χ1) is 16.4. The molecule has 11 heteroatoms. The van der Waals surface area contributed by atoms with Gasteiger partial charge in [0.25, 0.3) is 0 Å². The highest BCUT2D eigenvalue weighted by Gasteiger charge is 2.48. The van der Waals surface area contributed by atoms with E-state index in [0.29, 0.717) is 18.0 Å². The minimum atomic E-state index is -0.296. The number of methoxy groups -OCH3 is 1. The van der Waals surface area contributed by atoms with Gasteiger partial charge in [-0.1, -0.05) is 6.07 Å². The topological polar surface area (TPSA) is 121 Å². The monoisotopic (exact) mass is 463 g/mol. The van der Waals surface area contributed by atoms with E-state index in [9.17, 15) is 4.79 Å². The smallest absolute Gasteiger partial charge is 0.244 e. The molecule has 5 rings (SSSR count). The number of fused-ring (bicyclic) bond motifs is 1. The lowest BCUT2D eigenvalue weighted by Gasteiger charge is -2.39. The fraction of sp³-hybridized carbons (Fsp3) is 0.391. The molecule has 11 nitrogen and oxygen atoms in total. The molecule has 0 aliphatic carbocycles. The summed E-state index contributed by atoms with van der Waals surface area (Å²) in [5.74, 6) is 1.74. The summed E-state index contributed by atoms with van der Waals surface area (Å²) < 4.78 is 7.43. The predicted octanol–water partition coefficient (Wildman–Crippen LogP) is 1.33. The van der Waals surface area contributed by atoms with E-state index in [1.54, 1.807) is 36.4 Å². The Morgan fingerprint density at radius 3 is 2.76 bits per heavy atom. The maximum atomic E-state index is 13.0. The summed E-state index contributed by atoms with van der Waals surface area (Å²) in [4.78, 5) is 21.8. The minimum absolute atomic E-state index is 0.0312. The number of anilines is 2. The number of aryl methyl sites for hydroxylation is 2. The maximum absolute atomic E-state index is 13.0. The average molecular weight is 464 g/mol. The van der Waals surface area contributed by atoms with Gasteiger partial charge in [-0.15, -0.1) is 0 Å². The highest BCUT2D eigenvalue weighted by Crippen LogP contribution is 2.37. The first-order valence-corrected chi connectivity index (χ1v) is 11.2. The second-order valence-electron chi connectivity index (χ2n) is 8.73. The van der Waals surface area contributed by atoms with Crippen molar-refractivity contribution >= 4 is 17.4 Å². The molecule has 0 radical (unpaired) electrons. The Hall–Kier alpha value is -3.70. The van der Waals surface area contributed by atoms with E-state index in [1.807, 2.05) is 44.3 Å². The van der Waals surface area contributed by atoms with Crippen molar-refractivity contribution < 1.29 is 9.53 Å². The second kappa shape index (κ2) is 8.92. The van der Waals surface area contributed by atoms with Crippen LogP contribution in [0.2, 0.25) is 0 Å². The molecule has 0 bridgehead atoms. The van der Waals surface area contributed by atoms with Gasteiger partial charge in [-0.2, -0.15) is 5.10 Å². The molecule has 2 fully saturated rings. The Morgan fingerprint density at radius 1 is 1.18 bits per heavy atom. The van der Waals surface area contributed by atoms with Crippen molar-refractivity contribution in [2.24, 2.45) is 13.0 Å². The van der Waals surface area contributed by atoms with Crippen molar-refractivity contribution in [3.8, 4) is 17.1 Å². The summed E-state index contributed by atoms with van der Waals surface area (Å²) in [6.07, 6.45) is 3.75. The number of para-hydroxylation sites is 1. The van der Waals surface area contributed by atoms with Crippen LogP contribution in [0.3, 0.4) is 0 Å². The SMILES string of the molecule is COc1c(NC2CC(Nc3cc(C)ccn3)NC3NN(C)C(=O)C23)cccc1-c1ncn(C)n1. The van der Waals surface area contributed by atoms with Crippen LogP contribution in [0.25, 0.3) is 11.4 Å². The lowest BCUT2D eigenvalue weighted by atomic mass is 9.88. The molecule has 0 saturated carbocycles. The van der Waals surface area contributed by atoms with Crippen LogP contribution in [-0.2, 0) is 11.8 Å². The van der Waals surface area contributed by atoms with Crippen molar-refractivity contribution in [2.75, 3.05) is 24.8 Å². The van der Waals surface area contributed by atoms with Gasteiger partial charge in [0.15, 0.2) is 11.6 Å². The van der Waals surface area contributed by atoms with E-state index in [-0.39, 0.29) is 30.2 Å². The molecule has 178 valence electrons. The van der Waals surface area contributed by atoms with E-state index in [4.69, 9.17) is 4.74 Å². The maximum Gasteiger partial charge on any atom is 0.244 e. The summed E-state index contributed by atoms with van der Waals surface area (Å²) in [6, 6.07) is 9.60. The van der Waals surface area contributed by atoms with E-state index in [0.717, 1.165) is 22.6 Å². The molecule has 4 unspecified atom stereocenters. The molecule has 4 N–H and O–H groups in total. The average Bonchev–Trinajstić information content (AvgIpc) is 3.36. The number of piperidine rings is 1. The summed E-state index contributed by atoms with van der Waals surface area (Å²) in [7, 11) is 5.20. The van der Waals surface area contributed by atoms with Crippen LogP contribution in [-0.4, -0.2) is 63.2 Å². The Morgan fingerprint density at radius 2 is 2.03 bits per heavy atom. The Balaban J connectivity index is 1.44. The number of nitrogens with one attached hydrogen (secondary N) is 4. The van der Waals surface area contributed by atoms with Crippen molar-refractivity contribution in [3.05, 3.63) is 48.4 Å². The molecule has 2 aliphatic rings. The number of pyridine rings is 1. The van der Waals surface area contributed by atoms with Gasteiger partial charge in [-0.3, -0.25) is 19.8 Å². The molecule has 34 heavy (non-hydrogen) atoms. The largest absolute Gasteiger partial charge is 0.494 e. The molecular formula is C23H29N9O2. The van der Waals surface area contributed by atoms with E-state index < -0.39 is 0 Å². The van der Waals surface area contributed by atoms with Gasteiger partial charge >= 0.3 is 0 Å². The zero-order valence-electron chi connectivity index (χ0n) is 19.6. The Bertz CT molecular complexity index is 1200. The molecule has 4 atom stereocenters. The van der Waals surface area contributed by atoms with Gasteiger partial charge in [0.1, 0.15) is 12.1 Å². The molecule has 4 heterocycles. The third-order valence-corrected chi connectivity index (χ3v) is 6.25. The van der Waals surface area contributed by atoms with E-state index in [1.165, 1.54) is 0 Å². The summed E-state index contributed by atoms with van der Waals surface area (Å²) in [5, 5.41) is 16.5. The Labute approximate surface area is 197 Å². The fourth-order valence-electron chi connectivity index (χ4n) is 4.70. The standard InChI is InChI=1S/C23H29N9O2/c1-13-8-9-24-17(10-13)27-18-11-16(19-22(28-18)30-32(3)23(19)33)26-15-7-5-6-14(20(15)34-4)21-25-12-31(2)29-21/h5-10,12,16,18-19,22,26,28,30H,11H2,1-4H3,(H,24,27). The van der Waals surface area contributed by atoms with Gasteiger partial charge in [-0.25, -0.2) is 15.4 Å². The highest BCUT2D eigenvalue weighted by molar-refractivity contribution is 5.83. The summed E-state index contributed by atoms with van der Waals surface area (Å²) in [5.41, 5.74) is 5.93.